The molecular formula is C18H23ClN4O2. The monoisotopic (exact) mass is 362 g/mol. The number of fused-ring (bicyclic) bond motifs is 2. The topological polar surface area (TPSA) is 68.2 Å². The lowest BCUT2D eigenvalue weighted by Gasteiger charge is -2.29. The third-order valence-electron chi connectivity index (χ3n) is 4.97. The molecule has 2 bridgehead atoms. The number of rotatable bonds is 4. The number of carbonyl (C=O) groups is 1. The summed E-state index contributed by atoms with van der Waals surface area (Å²) >= 11 is 0. The van der Waals surface area contributed by atoms with Gasteiger partial charge < -0.3 is 15.4 Å². The van der Waals surface area contributed by atoms with E-state index in [9.17, 15) is 4.79 Å². The first kappa shape index (κ1) is 17.8. The molecule has 7 heteroatoms. The first-order valence-corrected chi connectivity index (χ1v) is 8.48. The first-order chi connectivity index (χ1) is 11.7. The largest absolute Gasteiger partial charge is 0.497 e. The van der Waals surface area contributed by atoms with Crippen LogP contribution in [0.3, 0.4) is 0 Å². The van der Waals surface area contributed by atoms with E-state index in [2.05, 4.69) is 15.7 Å². The van der Waals surface area contributed by atoms with Crippen LogP contribution in [0.2, 0.25) is 0 Å². The minimum atomic E-state index is -0.0893. The van der Waals surface area contributed by atoms with Gasteiger partial charge in [-0.2, -0.15) is 5.10 Å². The highest BCUT2D eigenvalue weighted by molar-refractivity contribution is 5.92. The summed E-state index contributed by atoms with van der Waals surface area (Å²) in [5.74, 6) is 0.706. The summed E-state index contributed by atoms with van der Waals surface area (Å²) in [4.78, 5) is 12.5. The molecule has 1 aromatic carbocycles. The van der Waals surface area contributed by atoms with E-state index >= 15 is 0 Å². The molecule has 0 spiro atoms. The minimum absolute atomic E-state index is 0. The van der Waals surface area contributed by atoms with Crippen molar-refractivity contribution in [2.24, 2.45) is 0 Å². The fourth-order valence-corrected chi connectivity index (χ4v) is 3.76. The molecule has 4 rings (SSSR count). The van der Waals surface area contributed by atoms with Crippen molar-refractivity contribution in [1.29, 1.82) is 0 Å². The number of benzene rings is 1. The number of nitrogens with one attached hydrogen (secondary N) is 2. The Bertz CT molecular complexity index is 719. The molecule has 0 aliphatic carbocycles. The van der Waals surface area contributed by atoms with Gasteiger partial charge in [0.2, 0.25) is 0 Å². The summed E-state index contributed by atoms with van der Waals surface area (Å²) in [6, 6.07) is 10.7. The van der Waals surface area contributed by atoms with E-state index in [4.69, 9.17) is 4.74 Å². The molecule has 6 nitrogen and oxygen atoms in total. The summed E-state index contributed by atoms with van der Waals surface area (Å²) in [5, 5.41) is 11.1. The number of halogens is 1. The third kappa shape index (κ3) is 3.80. The molecule has 0 saturated carbocycles. The molecule has 2 atom stereocenters. The van der Waals surface area contributed by atoms with Crippen molar-refractivity contribution in [1.82, 2.24) is 20.4 Å². The Balaban J connectivity index is 0.00000182. The fraction of sp³-hybridized carbons (Fsp3) is 0.444. The number of hydrogen-bond donors (Lipinski definition) is 2. The van der Waals surface area contributed by atoms with Gasteiger partial charge in [-0.05, 0) is 56.0 Å². The van der Waals surface area contributed by atoms with Crippen LogP contribution in [0, 0.1) is 0 Å². The molecular weight excluding hydrogens is 340 g/mol. The Hall–Kier alpha value is -2.05. The average Bonchev–Trinajstić information content (AvgIpc) is 3.22. The van der Waals surface area contributed by atoms with Crippen LogP contribution in [-0.4, -0.2) is 40.9 Å². The number of amides is 1. The predicted octanol–water partition coefficient (Wildman–Crippen LogP) is 2.32. The highest BCUT2D eigenvalue weighted by Crippen LogP contribution is 2.26. The summed E-state index contributed by atoms with van der Waals surface area (Å²) in [5.41, 5.74) is 1.35. The molecule has 2 aromatic rings. The van der Waals surface area contributed by atoms with E-state index in [0.29, 0.717) is 17.8 Å². The standard InChI is InChI=1S/C18H22N4O2.ClH/c1-24-16-6-4-15(5-7-16)22-9-8-17(21-22)18(23)20-14-10-12-2-3-13(11-14)19-12;/h4-9,12-14,19H,2-3,10-11H2,1H3,(H,20,23);1H. The predicted molar refractivity (Wildman–Crippen MR) is 97.8 cm³/mol. The maximum absolute atomic E-state index is 12.5. The second kappa shape index (κ2) is 7.45. The molecule has 25 heavy (non-hydrogen) atoms. The van der Waals surface area contributed by atoms with Gasteiger partial charge in [0.15, 0.2) is 5.69 Å². The maximum Gasteiger partial charge on any atom is 0.272 e. The highest BCUT2D eigenvalue weighted by atomic mass is 35.5. The zero-order valence-corrected chi connectivity index (χ0v) is 15.0. The second-order valence-corrected chi connectivity index (χ2v) is 6.62. The number of ether oxygens (including phenoxy) is 1. The lowest BCUT2D eigenvalue weighted by Crippen LogP contribution is -2.48. The third-order valence-corrected chi connectivity index (χ3v) is 4.97. The van der Waals surface area contributed by atoms with Crippen molar-refractivity contribution in [2.45, 2.75) is 43.8 Å². The van der Waals surface area contributed by atoms with Crippen LogP contribution >= 0.6 is 12.4 Å². The van der Waals surface area contributed by atoms with Gasteiger partial charge in [-0.25, -0.2) is 4.68 Å². The molecule has 3 heterocycles. The van der Waals surface area contributed by atoms with Crippen molar-refractivity contribution in [3.63, 3.8) is 0 Å². The molecule has 2 unspecified atom stereocenters. The number of aromatic nitrogens is 2. The Kier molecular flexibility index (Phi) is 5.30. The van der Waals surface area contributed by atoms with Crippen LogP contribution in [0.15, 0.2) is 36.5 Å². The van der Waals surface area contributed by atoms with Gasteiger partial charge in [-0.15, -0.1) is 12.4 Å². The van der Waals surface area contributed by atoms with E-state index < -0.39 is 0 Å². The van der Waals surface area contributed by atoms with Gasteiger partial charge in [-0.3, -0.25) is 4.79 Å². The molecule has 134 valence electrons. The van der Waals surface area contributed by atoms with Crippen LogP contribution in [0.4, 0.5) is 0 Å². The summed E-state index contributed by atoms with van der Waals surface area (Å²) in [7, 11) is 1.64. The van der Waals surface area contributed by atoms with Gasteiger partial charge in [-0.1, -0.05) is 0 Å². The molecule has 2 saturated heterocycles. The van der Waals surface area contributed by atoms with Gasteiger partial charge in [0.25, 0.3) is 5.91 Å². The van der Waals surface area contributed by atoms with Crippen molar-refractivity contribution in [2.75, 3.05) is 7.11 Å². The molecule has 2 aliphatic heterocycles. The fourth-order valence-electron chi connectivity index (χ4n) is 3.76. The average molecular weight is 363 g/mol. The van der Waals surface area contributed by atoms with Gasteiger partial charge in [0.1, 0.15) is 5.75 Å². The lowest BCUT2D eigenvalue weighted by atomic mass is 10.00. The number of nitrogens with zero attached hydrogens (tertiary/aromatic N) is 2. The molecule has 2 fully saturated rings. The highest BCUT2D eigenvalue weighted by Gasteiger charge is 2.34. The number of carbonyl (C=O) groups excluding carboxylic acids is 1. The van der Waals surface area contributed by atoms with Crippen molar-refractivity contribution >= 4 is 18.3 Å². The zero-order valence-electron chi connectivity index (χ0n) is 14.1. The van der Waals surface area contributed by atoms with Crippen LogP contribution < -0.4 is 15.4 Å². The van der Waals surface area contributed by atoms with E-state index in [1.165, 1.54) is 12.8 Å². The van der Waals surface area contributed by atoms with Crippen molar-refractivity contribution in [3.8, 4) is 11.4 Å². The lowest BCUT2D eigenvalue weighted by molar-refractivity contribution is 0.0918. The van der Waals surface area contributed by atoms with Crippen LogP contribution in [0.5, 0.6) is 5.75 Å². The Morgan fingerprint density at radius 2 is 1.88 bits per heavy atom. The van der Waals surface area contributed by atoms with E-state index in [0.717, 1.165) is 24.3 Å². The number of methoxy groups -OCH3 is 1. The van der Waals surface area contributed by atoms with Crippen molar-refractivity contribution < 1.29 is 9.53 Å². The maximum atomic E-state index is 12.5. The quantitative estimate of drug-likeness (QED) is 0.875. The minimum Gasteiger partial charge on any atom is -0.497 e. The van der Waals surface area contributed by atoms with Crippen LogP contribution in [0.1, 0.15) is 36.2 Å². The number of piperidine rings is 1. The molecule has 1 amide bonds. The summed E-state index contributed by atoms with van der Waals surface area (Å²) in [6.07, 6.45) is 6.29. The second-order valence-electron chi connectivity index (χ2n) is 6.62. The van der Waals surface area contributed by atoms with Crippen LogP contribution in [-0.2, 0) is 0 Å². The van der Waals surface area contributed by atoms with Crippen LogP contribution in [0.25, 0.3) is 5.69 Å². The van der Waals surface area contributed by atoms with Gasteiger partial charge >= 0.3 is 0 Å². The van der Waals surface area contributed by atoms with E-state index in [1.807, 2.05) is 30.5 Å². The normalized spacial score (nSPS) is 24.4. The van der Waals surface area contributed by atoms with E-state index in [-0.39, 0.29) is 24.4 Å². The molecule has 0 radical (unpaired) electrons. The molecule has 2 N–H and O–H groups in total. The number of hydrogen-bond acceptors (Lipinski definition) is 4. The molecule has 2 aliphatic rings. The first-order valence-electron chi connectivity index (χ1n) is 8.48. The van der Waals surface area contributed by atoms with Gasteiger partial charge in [0, 0.05) is 24.3 Å². The summed E-state index contributed by atoms with van der Waals surface area (Å²) < 4.78 is 6.87. The zero-order chi connectivity index (χ0) is 16.5. The molecule has 1 aromatic heterocycles. The Morgan fingerprint density at radius 3 is 2.52 bits per heavy atom. The smallest absolute Gasteiger partial charge is 0.272 e. The Morgan fingerprint density at radius 1 is 1.20 bits per heavy atom. The SMILES string of the molecule is COc1ccc(-n2ccc(C(=O)NC3CC4CCC(C3)N4)n2)cc1.Cl. The van der Waals surface area contributed by atoms with Crippen molar-refractivity contribution in [3.05, 3.63) is 42.2 Å². The van der Waals surface area contributed by atoms with E-state index in [1.54, 1.807) is 17.9 Å². The Labute approximate surface area is 153 Å². The summed E-state index contributed by atoms with van der Waals surface area (Å²) in [6.45, 7) is 0. The van der Waals surface area contributed by atoms with Gasteiger partial charge in [0.05, 0.1) is 12.8 Å².